The number of ether oxygens (including phenoxy) is 1. The molecule has 17 heavy (non-hydrogen) atoms. The number of rotatable bonds is 4. The molecule has 0 saturated carbocycles. The van der Waals surface area contributed by atoms with E-state index in [1.54, 1.807) is 12.0 Å². The Morgan fingerprint density at radius 3 is 2.65 bits per heavy atom. The molecule has 0 aromatic rings. The minimum Gasteiger partial charge on any atom is -0.481 e. The molecule has 0 bridgehead atoms. The van der Waals surface area contributed by atoms with E-state index in [0.29, 0.717) is 13.2 Å². The average molecular weight is 244 g/mol. The van der Waals surface area contributed by atoms with Crippen molar-refractivity contribution in [1.82, 2.24) is 10.2 Å². The summed E-state index contributed by atoms with van der Waals surface area (Å²) in [5.41, 5.74) is 0. The quantitative estimate of drug-likeness (QED) is 0.749. The van der Waals surface area contributed by atoms with Gasteiger partial charge in [0, 0.05) is 20.2 Å². The highest BCUT2D eigenvalue weighted by atomic mass is 16.5. The van der Waals surface area contributed by atoms with Crippen LogP contribution in [0.1, 0.15) is 13.8 Å². The molecule has 1 fully saturated rings. The maximum absolute atomic E-state index is 11.8. The SMILES string of the molecule is COCC(C)NC(=O)N1C[C@@H](C)[C@H](C(=O)O)C1. The summed E-state index contributed by atoms with van der Waals surface area (Å²) >= 11 is 0. The summed E-state index contributed by atoms with van der Waals surface area (Å²) in [4.78, 5) is 24.3. The van der Waals surface area contributed by atoms with E-state index < -0.39 is 11.9 Å². The summed E-state index contributed by atoms with van der Waals surface area (Å²) in [7, 11) is 1.57. The lowest BCUT2D eigenvalue weighted by Crippen LogP contribution is -2.44. The number of urea groups is 1. The zero-order valence-electron chi connectivity index (χ0n) is 10.5. The standard InChI is InChI=1S/C11H20N2O4/c1-7-4-13(5-9(7)10(14)15)11(16)12-8(2)6-17-3/h7-9H,4-6H2,1-3H3,(H,12,16)(H,14,15)/t7-,8?,9-/m1/s1. The molecule has 0 aromatic heterocycles. The largest absolute Gasteiger partial charge is 0.481 e. The average Bonchev–Trinajstić information content (AvgIpc) is 2.60. The molecule has 1 saturated heterocycles. The molecule has 3 atom stereocenters. The van der Waals surface area contributed by atoms with Crippen LogP contribution in [0.4, 0.5) is 4.79 Å². The Labute approximate surface area is 101 Å². The van der Waals surface area contributed by atoms with Crippen molar-refractivity contribution < 1.29 is 19.4 Å². The Bertz CT molecular complexity index is 295. The van der Waals surface area contributed by atoms with Crippen molar-refractivity contribution in [3.05, 3.63) is 0 Å². The van der Waals surface area contributed by atoms with Crippen molar-refractivity contribution >= 4 is 12.0 Å². The highest BCUT2D eigenvalue weighted by molar-refractivity contribution is 5.77. The molecule has 2 N–H and O–H groups in total. The highest BCUT2D eigenvalue weighted by Gasteiger charge is 2.37. The number of hydrogen-bond acceptors (Lipinski definition) is 3. The number of carboxylic acids is 1. The summed E-state index contributed by atoms with van der Waals surface area (Å²) in [6, 6.07) is -0.295. The van der Waals surface area contributed by atoms with Crippen molar-refractivity contribution in [3.63, 3.8) is 0 Å². The third-order valence-corrected chi connectivity index (χ3v) is 3.00. The zero-order valence-corrected chi connectivity index (χ0v) is 10.5. The van der Waals surface area contributed by atoms with E-state index in [0.717, 1.165) is 0 Å². The monoisotopic (exact) mass is 244 g/mol. The number of carbonyl (C=O) groups is 2. The Hall–Kier alpha value is -1.30. The van der Waals surface area contributed by atoms with Crippen LogP contribution in [0.15, 0.2) is 0 Å². The van der Waals surface area contributed by atoms with Gasteiger partial charge in [0.2, 0.25) is 0 Å². The molecule has 1 heterocycles. The lowest BCUT2D eigenvalue weighted by atomic mass is 9.99. The van der Waals surface area contributed by atoms with Crippen LogP contribution >= 0.6 is 0 Å². The van der Waals surface area contributed by atoms with Crippen LogP contribution in [-0.2, 0) is 9.53 Å². The van der Waals surface area contributed by atoms with Crippen molar-refractivity contribution in [3.8, 4) is 0 Å². The van der Waals surface area contributed by atoms with Gasteiger partial charge in [-0.05, 0) is 12.8 Å². The van der Waals surface area contributed by atoms with Gasteiger partial charge in [0.15, 0.2) is 0 Å². The Morgan fingerprint density at radius 2 is 2.18 bits per heavy atom. The van der Waals surface area contributed by atoms with Crippen molar-refractivity contribution in [2.45, 2.75) is 19.9 Å². The van der Waals surface area contributed by atoms with Gasteiger partial charge in [-0.3, -0.25) is 4.79 Å². The molecule has 0 spiro atoms. The van der Waals surface area contributed by atoms with Crippen LogP contribution in [0.3, 0.4) is 0 Å². The second-order valence-electron chi connectivity index (χ2n) is 4.63. The van der Waals surface area contributed by atoms with Gasteiger partial charge in [-0.25, -0.2) is 4.79 Å². The number of carboxylic acid groups (broad SMARTS) is 1. The summed E-state index contributed by atoms with van der Waals surface area (Å²) < 4.78 is 4.92. The molecule has 1 aliphatic rings. The molecule has 0 radical (unpaired) electrons. The first-order valence-electron chi connectivity index (χ1n) is 5.72. The van der Waals surface area contributed by atoms with E-state index in [1.807, 2.05) is 13.8 Å². The van der Waals surface area contributed by atoms with Crippen molar-refractivity contribution in [1.29, 1.82) is 0 Å². The maximum Gasteiger partial charge on any atom is 0.317 e. The molecule has 1 unspecified atom stereocenters. The topological polar surface area (TPSA) is 78.9 Å². The Morgan fingerprint density at radius 1 is 1.53 bits per heavy atom. The van der Waals surface area contributed by atoms with Crippen molar-refractivity contribution in [2.75, 3.05) is 26.8 Å². The molecule has 1 rings (SSSR count). The molecular formula is C11H20N2O4. The first-order valence-corrected chi connectivity index (χ1v) is 5.72. The van der Waals surface area contributed by atoms with Gasteiger partial charge in [-0.15, -0.1) is 0 Å². The van der Waals surface area contributed by atoms with Crippen LogP contribution in [0, 0.1) is 11.8 Å². The minimum atomic E-state index is -0.835. The van der Waals surface area contributed by atoms with E-state index in [9.17, 15) is 9.59 Å². The number of likely N-dealkylation sites (tertiary alicyclic amines) is 1. The van der Waals surface area contributed by atoms with E-state index in [1.165, 1.54) is 0 Å². The number of aliphatic carboxylic acids is 1. The molecule has 0 aromatic carbocycles. The van der Waals surface area contributed by atoms with E-state index in [-0.39, 0.29) is 24.5 Å². The molecule has 1 aliphatic heterocycles. The number of hydrogen-bond donors (Lipinski definition) is 2. The third kappa shape index (κ3) is 3.59. The normalized spacial score (nSPS) is 25.7. The number of nitrogens with one attached hydrogen (secondary N) is 1. The summed E-state index contributed by atoms with van der Waals surface area (Å²) in [6.45, 7) is 4.91. The first-order chi connectivity index (χ1) is 7.95. The van der Waals surface area contributed by atoms with Gasteiger partial charge in [0.25, 0.3) is 0 Å². The van der Waals surface area contributed by atoms with E-state index >= 15 is 0 Å². The number of amides is 2. The summed E-state index contributed by atoms with van der Waals surface area (Å²) in [5.74, 6) is -1.30. The molecular weight excluding hydrogens is 224 g/mol. The molecule has 0 aliphatic carbocycles. The first kappa shape index (κ1) is 13.8. The van der Waals surface area contributed by atoms with Crippen LogP contribution in [0.2, 0.25) is 0 Å². The molecule has 2 amide bonds. The molecule has 98 valence electrons. The van der Waals surface area contributed by atoms with Gasteiger partial charge in [-0.1, -0.05) is 6.92 Å². The lowest BCUT2D eigenvalue weighted by Gasteiger charge is -2.20. The fourth-order valence-corrected chi connectivity index (χ4v) is 2.05. The van der Waals surface area contributed by atoms with Crippen LogP contribution < -0.4 is 5.32 Å². The third-order valence-electron chi connectivity index (χ3n) is 3.00. The van der Waals surface area contributed by atoms with Gasteiger partial charge >= 0.3 is 12.0 Å². The number of carbonyl (C=O) groups excluding carboxylic acids is 1. The zero-order chi connectivity index (χ0) is 13.0. The predicted molar refractivity (Wildman–Crippen MR) is 61.7 cm³/mol. The van der Waals surface area contributed by atoms with Gasteiger partial charge in [0.1, 0.15) is 0 Å². The van der Waals surface area contributed by atoms with Crippen molar-refractivity contribution in [2.24, 2.45) is 11.8 Å². The minimum absolute atomic E-state index is 0.00372. The van der Waals surface area contributed by atoms with Crippen LogP contribution in [0.25, 0.3) is 0 Å². The second kappa shape index (κ2) is 5.86. The fraction of sp³-hybridized carbons (Fsp3) is 0.818. The summed E-state index contributed by atoms with van der Waals surface area (Å²) in [5, 5.41) is 11.7. The molecule has 6 heteroatoms. The van der Waals surface area contributed by atoms with Gasteiger partial charge in [-0.2, -0.15) is 0 Å². The smallest absolute Gasteiger partial charge is 0.317 e. The van der Waals surface area contributed by atoms with Gasteiger partial charge < -0.3 is 20.1 Å². The van der Waals surface area contributed by atoms with E-state index in [2.05, 4.69) is 5.32 Å². The van der Waals surface area contributed by atoms with Gasteiger partial charge in [0.05, 0.1) is 18.6 Å². The highest BCUT2D eigenvalue weighted by Crippen LogP contribution is 2.22. The molecule has 6 nitrogen and oxygen atoms in total. The predicted octanol–water partition coefficient (Wildman–Crippen LogP) is 0.383. The fourth-order valence-electron chi connectivity index (χ4n) is 2.05. The van der Waals surface area contributed by atoms with Crippen LogP contribution in [-0.4, -0.2) is 54.9 Å². The summed E-state index contributed by atoms with van der Waals surface area (Å²) in [6.07, 6.45) is 0. The number of methoxy groups -OCH3 is 1. The number of nitrogens with zero attached hydrogens (tertiary/aromatic N) is 1. The Balaban J connectivity index is 2.47. The second-order valence-corrected chi connectivity index (χ2v) is 4.63. The van der Waals surface area contributed by atoms with E-state index in [4.69, 9.17) is 9.84 Å². The Kier molecular flexibility index (Phi) is 4.74. The van der Waals surface area contributed by atoms with Crippen LogP contribution in [0.5, 0.6) is 0 Å². The lowest BCUT2D eigenvalue weighted by molar-refractivity contribution is -0.142. The maximum atomic E-state index is 11.8.